The molecule has 1 heterocycles. The van der Waals surface area contributed by atoms with Gasteiger partial charge in [-0.2, -0.15) is 11.8 Å². The summed E-state index contributed by atoms with van der Waals surface area (Å²) in [6, 6.07) is 3.33. The molecule has 0 saturated heterocycles. The number of hydrogen-bond donors (Lipinski definition) is 2. The first-order valence-corrected chi connectivity index (χ1v) is 7.78. The van der Waals surface area contributed by atoms with Crippen LogP contribution in [0.15, 0.2) is 12.1 Å². The van der Waals surface area contributed by atoms with E-state index in [-0.39, 0.29) is 11.8 Å². The van der Waals surface area contributed by atoms with E-state index in [1.807, 2.05) is 6.26 Å². The first-order chi connectivity index (χ1) is 9.26. The van der Waals surface area contributed by atoms with Gasteiger partial charge in [0.05, 0.1) is 10.7 Å². The topological polar surface area (TPSA) is 71.1 Å². The van der Waals surface area contributed by atoms with Gasteiger partial charge in [-0.25, -0.2) is 4.98 Å². The van der Waals surface area contributed by atoms with E-state index in [0.717, 1.165) is 0 Å². The number of hydrogen-bond acceptors (Lipinski definition) is 4. The van der Waals surface area contributed by atoms with Crippen molar-refractivity contribution in [3.63, 3.8) is 0 Å². The third-order valence-electron chi connectivity index (χ3n) is 2.50. The Morgan fingerprint density at radius 1 is 1.40 bits per heavy atom. The molecule has 110 valence electrons. The number of amides is 2. The highest BCUT2D eigenvalue weighted by Gasteiger charge is 2.28. The fraction of sp³-hybridized carbons (Fsp3) is 0.462. The van der Waals surface area contributed by atoms with Crippen molar-refractivity contribution < 1.29 is 9.59 Å². The van der Waals surface area contributed by atoms with Crippen molar-refractivity contribution in [3.8, 4) is 0 Å². The third-order valence-corrected chi connectivity index (χ3v) is 3.40. The summed E-state index contributed by atoms with van der Waals surface area (Å²) in [5.74, 6) is 0.481. The number of nitrogens with zero attached hydrogens (tertiary/aromatic N) is 1. The Morgan fingerprint density at radius 3 is 2.60 bits per heavy atom. The third kappa shape index (κ3) is 4.68. The van der Waals surface area contributed by atoms with Crippen molar-refractivity contribution in [2.24, 2.45) is 0 Å². The molecule has 0 aliphatic carbocycles. The lowest BCUT2D eigenvalue weighted by Gasteiger charge is -2.24. The minimum Gasteiger partial charge on any atom is -0.342 e. The van der Waals surface area contributed by atoms with Gasteiger partial charge in [0.1, 0.15) is 11.4 Å². The first-order valence-electron chi connectivity index (χ1n) is 6.01. The molecule has 0 spiro atoms. The Bertz CT molecular complexity index is 520. The second kappa shape index (κ2) is 6.95. The predicted octanol–water partition coefficient (Wildman–Crippen LogP) is 2.45. The second-order valence-electron chi connectivity index (χ2n) is 4.82. The Labute approximate surface area is 127 Å². The van der Waals surface area contributed by atoms with Crippen molar-refractivity contribution in [2.75, 3.05) is 11.6 Å². The molecule has 1 rings (SSSR count). The molecule has 2 N–H and O–H groups in total. The van der Waals surface area contributed by atoms with E-state index in [1.165, 1.54) is 6.92 Å². The molecule has 0 fully saturated rings. The molecular formula is C13H18ClN3O2S. The summed E-state index contributed by atoms with van der Waals surface area (Å²) in [5.41, 5.74) is -0.290. The number of halogens is 1. The van der Waals surface area contributed by atoms with E-state index in [9.17, 15) is 9.59 Å². The molecule has 0 unspecified atom stereocenters. The molecule has 0 aliphatic heterocycles. The second-order valence-corrected chi connectivity index (χ2v) is 6.09. The minimum absolute atomic E-state index is 0.266. The molecular weight excluding hydrogens is 298 g/mol. The van der Waals surface area contributed by atoms with Crippen LogP contribution in [0.25, 0.3) is 0 Å². The molecule has 0 radical (unpaired) electrons. The largest absolute Gasteiger partial charge is 0.342 e. The maximum atomic E-state index is 12.1. The quantitative estimate of drug-likeness (QED) is 0.875. The SMILES string of the molecule is CSCc1nc(NC(=O)C(C)(C)NC(C)=O)ccc1Cl. The molecule has 20 heavy (non-hydrogen) atoms. The van der Waals surface area contributed by atoms with E-state index >= 15 is 0 Å². The Kier molecular flexibility index (Phi) is 5.83. The van der Waals surface area contributed by atoms with Crippen molar-refractivity contribution in [1.29, 1.82) is 0 Å². The van der Waals surface area contributed by atoms with Crippen molar-refractivity contribution in [1.82, 2.24) is 10.3 Å². The smallest absolute Gasteiger partial charge is 0.250 e. The number of rotatable bonds is 5. The predicted molar refractivity (Wildman–Crippen MR) is 83.0 cm³/mol. The van der Waals surface area contributed by atoms with E-state index in [1.54, 1.807) is 37.7 Å². The molecule has 5 nitrogen and oxygen atoms in total. The van der Waals surface area contributed by atoms with Crippen molar-refractivity contribution >= 4 is 41.0 Å². The highest BCUT2D eigenvalue weighted by molar-refractivity contribution is 7.97. The molecule has 0 saturated carbocycles. The first kappa shape index (κ1) is 16.8. The number of carbonyl (C=O) groups is 2. The number of thioether (sulfide) groups is 1. The van der Waals surface area contributed by atoms with Crippen LogP contribution in [-0.4, -0.2) is 28.6 Å². The van der Waals surface area contributed by atoms with Crippen LogP contribution in [0.2, 0.25) is 5.02 Å². The van der Waals surface area contributed by atoms with E-state index in [4.69, 9.17) is 11.6 Å². The van der Waals surface area contributed by atoms with Crippen LogP contribution in [0.1, 0.15) is 26.5 Å². The van der Waals surface area contributed by atoms with Gasteiger partial charge < -0.3 is 10.6 Å². The average Bonchev–Trinajstić information content (AvgIpc) is 2.32. The van der Waals surface area contributed by atoms with Crippen LogP contribution in [0.3, 0.4) is 0 Å². The number of aromatic nitrogens is 1. The molecule has 0 aromatic carbocycles. The Morgan fingerprint density at radius 2 is 2.05 bits per heavy atom. The van der Waals surface area contributed by atoms with Crippen LogP contribution in [0.5, 0.6) is 0 Å². The zero-order valence-corrected chi connectivity index (χ0v) is 13.5. The Hall–Kier alpha value is -1.27. The average molecular weight is 316 g/mol. The highest BCUT2D eigenvalue weighted by Crippen LogP contribution is 2.20. The molecule has 2 amide bonds. The van der Waals surface area contributed by atoms with E-state index in [2.05, 4.69) is 15.6 Å². The van der Waals surface area contributed by atoms with Gasteiger partial charge in [0.2, 0.25) is 5.91 Å². The highest BCUT2D eigenvalue weighted by atomic mass is 35.5. The van der Waals surface area contributed by atoms with Crippen LogP contribution in [0, 0.1) is 0 Å². The molecule has 1 aromatic heterocycles. The zero-order chi connectivity index (χ0) is 15.3. The van der Waals surface area contributed by atoms with Crippen LogP contribution in [0.4, 0.5) is 5.82 Å². The number of pyridine rings is 1. The zero-order valence-electron chi connectivity index (χ0n) is 11.9. The van der Waals surface area contributed by atoms with Gasteiger partial charge in [0.25, 0.3) is 5.91 Å². The van der Waals surface area contributed by atoms with E-state index in [0.29, 0.717) is 22.3 Å². The summed E-state index contributed by atoms with van der Waals surface area (Å²) in [7, 11) is 0. The molecule has 0 atom stereocenters. The standard InChI is InChI=1S/C13H18ClN3O2S/c1-8(18)17-13(2,3)12(19)16-11-6-5-9(14)10(15-11)7-20-4/h5-6H,7H2,1-4H3,(H,17,18)(H,15,16,19). The fourth-order valence-corrected chi connectivity index (χ4v) is 2.31. The summed E-state index contributed by atoms with van der Waals surface area (Å²) in [6.45, 7) is 4.62. The van der Waals surface area contributed by atoms with Gasteiger partial charge in [-0.15, -0.1) is 0 Å². The maximum absolute atomic E-state index is 12.1. The fourth-order valence-electron chi connectivity index (χ4n) is 1.56. The van der Waals surface area contributed by atoms with Gasteiger partial charge in [-0.1, -0.05) is 11.6 Å². The minimum atomic E-state index is -1.01. The van der Waals surface area contributed by atoms with E-state index < -0.39 is 5.54 Å². The van der Waals surface area contributed by atoms with Gasteiger partial charge >= 0.3 is 0 Å². The van der Waals surface area contributed by atoms with Crippen molar-refractivity contribution in [2.45, 2.75) is 32.1 Å². The van der Waals surface area contributed by atoms with Crippen LogP contribution >= 0.6 is 23.4 Å². The van der Waals surface area contributed by atoms with Gasteiger partial charge in [0.15, 0.2) is 0 Å². The van der Waals surface area contributed by atoms with Gasteiger partial charge in [-0.05, 0) is 32.2 Å². The molecule has 1 aromatic rings. The summed E-state index contributed by atoms with van der Waals surface area (Å²) in [4.78, 5) is 27.5. The maximum Gasteiger partial charge on any atom is 0.250 e. The summed E-state index contributed by atoms with van der Waals surface area (Å²) in [6.07, 6.45) is 1.95. The lowest BCUT2D eigenvalue weighted by atomic mass is 10.0. The van der Waals surface area contributed by atoms with Gasteiger partial charge in [-0.3, -0.25) is 9.59 Å². The lowest BCUT2D eigenvalue weighted by molar-refractivity contribution is -0.128. The number of anilines is 1. The monoisotopic (exact) mass is 315 g/mol. The summed E-state index contributed by atoms with van der Waals surface area (Å²) < 4.78 is 0. The van der Waals surface area contributed by atoms with Crippen LogP contribution < -0.4 is 10.6 Å². The molecule has 0 aliphatic rings. The summed E-state index contributed by atoms with van der Waals surface area (Å²) >= 11 is 7.62. The lowest BCUT2D eigenvalue weighted by Crippen LogP contribution is -2.51. The summed E-state index contributed by atoms with van der Waals surface area (Å²) in [5, 5.41) is 5.83. The normalized spacial score (nSPS) is 11.1. The number of carbonyl (C=O) groups excluding carboxylic acids is 2. The Balaban J connectivity index is 2.85. The number of nitrogens with one attached hydrogen (secondary N) is 2. The molecule has 7 heteroatoms. The van der Waals surface area contributed by atoms with Crippen molar-refractivity contribution in [3.05, 3.63) is 22.8 Å². The van der Waals surface area contributed by atoms with Crippen LogP contribution in [-0.2, 0) is 15.3 Å². The van der Waals surface area contributed by atoms with Gasteiger partial charge in [0, 0.05) is 12.7 Å². The molecule has 0 bridgehead atoms.